The molecule has 0 aliphatic heterocycles. The van der Waals surface area contributed by atoms with Gasteiger partial charge < -0.3 is 9.29 Å². The van der Waals surface area contributed by atoms with Crippen molar-refractivity contribution in [2.75, 3.05) is 0 Å². The van der Waals surface area contributed by atoms with Gasteiger partial charge in [-0.2, -0.15) is 8.42 Å². The summed E-state index contributed by atoms with van der Waals surface area (Å²) in [6, 6.07) is 12.2. The van der Waals surface area contributed by atoms with Crippen LogP contribution in [-0.4, -0.2) is 13.5 Å². The van der Waals surface area contributed by atoms with Crippen molar-refractivity contribution in [2.24, 2.45) is 0 Å². The van der Waals surface area contributed by atoms with E-state index in [1.165, 1.54) is 30.3 Å². The summed E-state index contributed by atoms with van der Waals surface area (Å²) in [4.78, 5) is 0.119. The molecule has 0 saturated heterocycles. The molecule has 2 aromatic rings. The van der Waals surface area contributed by atoms with Crippen LogP contribution in [0.2, 0.25) is 0 Å². The first kappa shape index (κ1) is 12.4. The maximum absolute atomic E-state index is 12.0. The molecule has 94 valence electrons. The lowest BCUT2D eigenvalue weighted by Crippen LogP contribution is -2.11. The van der Waals surface area contributed by atoms with Gasteiger partial charge in [0, 0.05) is 6.07 Å². The van der Waals surface area contributed by atoms with E-state index in [-0.39, 0.29) is 16.4 Å². The highest BCUT2D eigenvalue weighted by Crippen LogP contribution is 2.23. The number of hydrogen-bond donors (Lipinski definition) is 1. The standard InChI is InChI=1S/C13H12O4S/c1-10-5-2-3-8-13(10)18(15,16)17-12-7-4-6-11(14)9-12/h2-9,14H,1H3. The minimum Gasteiger partial charge on any atom is -0.508 e. The van der Waals surface area contributed by atoms with Crippen molar-refractivity contribution in [3.05, 3.63) is 54.1 Å². The van der Waals surface area contributed by atoms with Crippen LogP contribution in [0, 0.1) is 6.92 Å². The Morgan fingerprint density at radius 1 is 1.06 bits per heavy atom. The molecule has 0 bridgehead atoms. The van der Waals surface area contributed by atoms with Crippen LogP contribution in [0.4, 0.5) is 0 Å². The molecule has 0 unspecified atom stereocenters. The van der Waals surface area contributed by atoms with Crippen LogP contribution in [0.5, 0.6) is 11.5 Å². The van der Waals surface area contributed by atoms with E-state index in [1.54, 1.807) is 25.1 Å². The number of phenols is 1. The molecule has 1 N–H and O–H groups in total. The van der Waals surface area contributed by atoms with Gasteiger partial charge in [0.05, 0.1) is 0 Å². The number of benzene rings is 2. The van der Waals surface area contributed by atoms with Gasteiger partial charge in [-0.25, -0.2) is 0 Å². The molecule has 0 aliphatic rings. The summed E-state index contributed by atoms with van der Waals surface area (Å²) in [5, 5.41) is 9.26. The maximum Gasteiger partial charge on any atom is 0.339 e. The molecule has 0 radical (unpaired) electrons. The van der Waals surface area contributed by atoms with Crippen molar-refractivity contribution < 1.29 is 17.7 Å². The summed E-state index contributed by atoms with van der Waals surface area (Å²) in [5.41, 5.74) is 0.609. The lowest BCUT2D eigenvalue weighted by Gasteiger charge is -2.09. The molecular weight excluding hydrogens is 252 g/mol. The summed E-state index contributed by atoms with van der Waals surface area (Å²) in [7, 11) is -3.87. The molecule has 0 aromatic heterocycles. The van der Waals surface area contributed by atoms with Crippen molar-refractivity contribution in [1.82, 2.24) is 0 Å². The van der Waals surface area contributed by atoms with E-state index in [0.29, 0.717) is 5.56 Å². The van der Waals surface area contributed by atoms with Gasteiger partial charge in [0.15, 0.2) is 0 Å². The van der Waals surface area contributed by atoms with Gasteiger partial charge in [-0.15, -0.1) is 0 Å². The second-order valence-corrected chi connectivity index (χ2v) is 5.32. The molecule has 0 heterocycles. The average Bonchev–Trinajstić information content (AvgIpc) is 2.28. The topological polar surface area (TPSA) is 63.6 Å². The van der Waals surface area contributed by atoms with Gasteiger partial charge in [0.25, 0.3) is 0 Å². The molecule has 18 heavy (non-hydrogen) atoms. The fraction of sp³-hybridized carbons (Fsp3) is 0.0769. The molecule has 0 saturated carbocycles. The van der Waals surface area contributed by atoms with E-state index in [9.17, 15) is 13.5 Å². The SMILES string of the molecule is Cc1ccccc1S(=O)(=O)Oc1cccc(O)c1. The monoisotopic (exact) mass is 264 g/mol. The van der Waals surface area contributed by atoms with Crippen molar-refractivity contribution in [3.63, 3.8) is 0 Å². The lowest BCUT2D eigenvalue weighted by atomic mass is 10.2. The zero-order valence-corrected chi connectivity index (χ0v) is 10.5. The van der Waals surface area contributed by atoms with Gasteiger partial charge in [-0.05, 0) is 30.7 Å². The van der Waals surface area contributed by atoms with Crippen LogP contribution in [0.1, 0.15) is 5.56 Å². The largest absolute Gasteiger partial charge is 0.508 e. The Kier molecular flexibility index (Phi) is 3.25. The second-order valence-electron chi connectivity index (χ2n) is 3.80. The third-order valence-corrected chi connectivity index (χ3v) is 3.80. The number of rotatable bonds is 3. The molecule has 2 aromatic carbocycles. The average molecular weight is 264 g/mol. The van der Waals surface area contributed by atoms with Crippen molar-refractivity contribution in [3.8, 4) is 11.5 Å². The predicted molar refractivity (Wildman–Crippen MR) is 67.1 cm³/mol. The van der Waals surface area contributed by atoms with E-state index in [0.717, 1.165) is 0 Å². The maximum atomic E-state index is 12.0. The number of hydrogen-bond acceptors (Lipinski definition) is 4. The second kappa shape index (κ2) is 4.70. The van der Waals surface area contributed by atoms with Crippen molar-refractivity contribution in [1.29, 1.82) is 0 Å². The molecular formula is C13H12O4S. The molecule has 0 spiro atoms. The van der Waals surface area contributed by atoms with Crippen LogP contribution >= 0.6 is 0 Å². The normalized spacial score (nSPS) is 11.2. The first-order valence-corrected chi connectivity index (χ1v) is 6.69. The first-order valence-electron chi connectivity index (χ1n) is 5.28. The molecule has 2 rings (SSSR count). The minimum absolute atomic E-state index is 0.0486. The third kappa shape index (κ3) is 2.62. The van der Waals surface area contributed by atoms with Crippen LogP contribution in [0.15, 0.2) is 53.4 Å². The van der Waals surface area contributed by atoms with E-state index in [2.05, 4.69) is 0 Å². The van der Waals surface area contributed by atoms with Gasteiger partial charge in [0.1, 0.15) is 16.4 Å². The Bertz CT molecular complexity index is 662. The number of aryl methyl sites for hydroxylation is 1. The fourth-order valence-corrected chi connectivity index (χ4v) is 2.70. The van der Waals surface area contributed by atoms with Crippen LogP contribution in [0.25, 0.3) is 0 Å². The first-order chi connectivity index (χ1) is 8.49. The smallest absolute Gasteiger partial charge is 0.339 e. The summed E-state index contributed by atoms with van der Waals surface area (Å²) >= 11 is 0. The summed E-state index contributed by atoms with van der Waals surface area (Å²) in [6.07, 6.45) is 0. The molecule has 5 heteroatoms. The van der Waals surface area contributed by atoms with Gasteiger partial charge in [-0.3, -0.25) is 0 Å². The number of aromatic hydroxyl groups is 1. The van der Waals surface area contributed by atoms with Gasteiger partial charge in [-0.1, -0.05) is 24.3 Å². The summed E-state index contributed by atoms with van der Waals surface area (Å²) < 4.78 is 29.0. The lowest BCUT2D eigenvalue weighted by molar-refractivity contribution is 0.463. The van der Waals surface area contributed by atoms with E-state index < -0.39 is 10.1 Å². The summed E-state index contributed by atoms with van der Waals surface area (Å²) in [5.74, 6) is 0.0331. The van der Waals surface area contributed by atoms with Crippen molar-refractivity contribution >= 4 is 10.1 Å². The summed E-state index contributed by atoms with van der Waals surface area (Å²) in [6.45, 7) is 1.69. The van der Waals surface area contributed by atoms with Crippen molar-refractivity contribution in [2.45, 2.75) is 11.8 Å². The highest BCUT2D eigenvalue weighted by Gasteiger charge is 2.18. The van der Waals surface area contributed by atoms with Gasteiger partial charge in [0.2, 0.25) is 0 Å². The van der Waals surface area contributed by atoms with E-state index in [4.69, 9.17) is 4.18 Å². The molecule has 0 fully saturated rings. The number of phenolic OH excluding ortho intramolecular Hbond substituents is 1. The highest BCUT2D eigenvalue weighted by molar-refractivity contribution is 7.87. The third-order valence-electron chi connectivity index (χ3n) is 2.39. The Morgan fingerprint density at radius 2 is 1.78 bits per heavy atom. The molecule has 0 atom stereocenters. The van der Waals surface area contributed by atoms with Gasteiger partial charge >= 0.3 is 10.1 Å². The Labute approximate surface area is 106 Å². The quantitative estimate of drug-likeness (QED) is 0.865. The zero-order chi connectivity index (χ0) is 13.2. The fourth-order valence-electron chi connectivity index (χ4n) is 1.54. The van der Waals surface area contributed by atoms with Crippen LogP contribution in [-0.2, 0) is 10.1 Å². The Balaban J connectivity index is 2.37. The van der Waals surface area contributed by atoms with Crippen LogP contribution < -0.4 is 4.18 Å². The Morgan fingerprint density at radius 3 is 2.44 bits per heavy atom. The van der Waals surface area contributed by atoms with E-state index in [1.807, 2.05) is 0 Å². The predicted octanol–water partition coefficient (Wildman–Crippen LogP) is 2.47. The van der Waals surface area contributed by atoms with E-state index >= 15 is 0 Å². The molecule has 0 aliphatic carbocycles. The zero-order valence-electron chi connectivity index (χ0n) is 9.70. The molecule has 4 nitrogen and oxygen atoms in total. The minimum atomic E-state index is -3.87. The molecule has 0 amide bonds. The van der Waals surface area contributed by atoms with Crippen LogP contribution in [0.3, 0.4) is 0 Å². The Hall–Kier alpha value is -2.01. The highest BCUT2D eigenvalue weighted by atomic mass is 32.2.